The van der Waals surface area contributed by atoms with Crippen LogP contribution in [0.1, 0.15) is 69.9 Å². The van der Waals surface area contributed by atoms with E-state index in [-0.39, 0.29) is 5.82 Å². The Kier molecular flexibility index (Phi) is 7.40. The number of allylic oxidation sites excluding steroid dienone is 2. The van der Waals surface area contributed by atoms with Crippen molar-refractivity contribution in [2.24, 2.45) is 11.8 Å². The van der Waals surface area contributed by atoms with Crippen molar-refractivity contribution in [2.45, 2.75) is 65.2 Å². The maximum atomic E-state index is 13.9. The third kappa shape index (κ3) is 5.87. The zero-order valence-corrected chi connectivity index (χ0v) is 14.6. The molecular formula is C22H29F. The van der Waals surface area contributed by atoms with Crippen molar-refractivity contribution < 1.29 is 4.39 Å². The number of hydrogen-bond donors (Lipinski definition) is 0. The molecule has 1 aromatic carbocycles. The van der Waals surface area contributed by atoms with Crippen LogP contribution in [0.15, 0.2) is 30.4 Å². The number of rotatable bonds is 6. The molecular weight excluding hydrogens is 283 g/mol. The van der Waals surface area contributed by atoms with Gasteiger partial charge in [0.2, 0.25) is 0 Å². The number of benzene rings is 1. The summed E-state index contributed by atoms with van der Waals surface area (Å²) in [5.41, 5.74) is 1.59. The summed E-state index contributed by atoms with van der Waals surface area (Å²) in [6.45, 7) is 4.32. The molecule has 0 radical (unpaired) electrons. The molecule has 2 rings (SSSR count). The number of aryl methyl sites for hydroxylation is 1. The number of unbranched alkanes of at least 4 members (excludes halogenated alkanes) is 2. The van der Waals surface area contributed by atoms with E-state index in [1.54, 1.807) is 6.07 Å². The SMILES string of the molecule is CCCCCC1C=CC(C#Cc2ccc(CCC)c(F)c2)CC1. The zero-order chi connectivity index (χ0) is 16.5. The highest BCUT2D eigenvalue weighted by molar-refractivity contribution is 5.38. The first-order chi connectivity index (χ1) is 11.2. The fourth-order valence-corrected chi connectivity index (χ4v) is 3.17. The van der Waals surface area contributed by atoms with Gasteiger partial charge in [0.1, 0.15) is 5.82 Å². The van der Waals surface area contributed by atoms with Crippen LogP contribution in [0.3, 0.4) is 0 Å². The highest BCUT2D eigenvalue weighted by Gasteiger charge is 2.13. The molecule has 124 valence electrons. The van der Waals surface area contributed by atoms with Crippen LogP contribution in [-0.2, 0) is 6.42 Å². The Morgan fingerprint density at radius 3 is 2.61 bits per heavy atom. The largest absolute Gasteiger partial charge is 0.207 e. The molecule has 1 heteroatoms. The monoisotopic (exact) mass is 312 g/mol. The van der Waals surface area contributed by atoms with Gasteiger partial charge in [0.05, 0.1) is 0 Å². The van der Waals surface area contributed by atoms with Crippen LogP contribution in [0.4, 0.5) is 4.39 Å². The van der Waals surface area contributed by atoms with Gasteiger partial charge in [-0.1, -0.05) is 69.6 Å². The van der Waals surface area contributed by atoms with Gasteiger partial charge in [-0.3, -0.25) is 0 Å². The van der Waals surface area contributed by atoms with E-state index in [1.807, 2.05) is 12.1 Å². The lowest BCUT2D eigenvalue weighted by atomic mass is 9.86. The molecule has 0 aromatic heterocycles. The lowest BCUT2D eigenvalue weighted by molar-refractivity contribution is 0.456. The Hall–Kier alpha value is -1.55. The van der Waals surface area contributed by atoms with E-state index in [9.17, 15) is 4.39 Å². The van der Waals surface area contributed by atoms with Gasteiger partial charge in [0, 0.05) is 11.5 Å². The molecule has 23 heavy (non-hydrogen) atoms. The number of hydrogen-bond acceptors (Lipinski definition) is 0. The quantitative estimate of drug-likeness (QED) is 0.329. The molecule has 1 aromatic rings. The first-order valence-corrected chi connectivity index (χ1v) is 9.21. The Labute approximate surface area is 141 Å². The fraction of sp³-hybridized carbons (Fsp3) is 0.545. The minimum absolute atomic E-state index is 0.117. The topological polar surface area (TPSA) is 0 Å². The van der Waals surface area contributed by atoms with Gasteiger partial charge < -0.3 is 0 Å². The molecule has 0 saturated carbocycles. The van der Waals surface area contributed by atoms with Gasteiger partial charge in [-0.2, -0.15) is 0 Å². The summed E-state index contributed by atoms with van der Waals surface area (Å²) in [6, 6.07) is 5.41. The molecule has 1 aliphatic carbocycles. The molecule has 0 amide bonds. The van der Waals surface area contributed by atoms with Crippen molar-refractivity contribution in [3.05, 3.63) is 47.3 Å². The van der Waals surface area contributed by atoms with Crippen LogP contribution >= 0.6 is 0 Å². The molecule has 2 unspecified atom stereocenters. The molecule has 0 N–H and O–H groups in total. The van der Waals surface area contributed by atoms with E-state index >= 15 is 0 Å². The maximum Gasteiger partial charge on any atom is 0.127 e. The van der Waals surface area contributed by atoms with E-state index in [1.165, 1.54) is 32.1 Å². The van der Waals surface area contributed by atoms with Crippen molar-refractivity contribution in [2.75, 3.05) is 0 Å². The van der Waals surface area contributed by atoms with Crippen molar-refractivity contribution in [3.63, 3.8) is 0 Å². The van der Waals surface area contributed by atoms with Gasteiger partial charge in [0.15, 0.2) is 0 Å². The normalized spacial score (nSPS) is 20.1. The Bertz CT molecular complexity index is 573. The average molecular weight is 312 g/mol. The highest BCUT2D eigenvalue weighted by atomic mass is 19.1. The second-order valence-corrected chi connectivity index (χ2v) is 6.65. The van der Waals surface area contributed by atoms with Crippen LogP contribution < -0.4 is 0 Å². The van der Waals surface area contributed by atoms with Crippen molar-refractivity contribution in [1.29, 1.82) is 0 Å². The molecule has 0 saturated heterocycles. The lowest BCUT2D eigenvalue weighted by Crippen LogP contribution is -2.07. The molecule has 0 aliphatic heterocycles. The lowest BCUT2D eigenvalue weighted by Gasteiger charge is -2.19. The summed E-state index contributed by atoms with van der Waals surface area (Å²) in [4.78, 5) is 0. The molecule has 0 bridgehead atoms. The predicted molar refractivity (Wildman–Crippen MR) is 96.8 cm³/mol. The molecule has 0 fully saturated rings. The average Bonchev–Trinajstić information content (AvgIpc) is 2.57. The maximum absolute atomic E-state index is 13.9. The summed E-state index contributed by atoms with van der Waals surface area (Å²) in [5.74, 6) is 7.41. The van der Waals surface area contributed by atoms with Gasteiger partial charge >= 0.3 is 0 Å². The van der Waals surface area contributed by atoms with Crippen molar-refractivity contribution in [3.8, 4) is 11.8 Å². The molecule has 0 heterocycles. The summed E-state index contributed by atoms with van der Waals surface area (Å²) >= 11 is 0. The minimum atomic E-state index is -0.117. The van der Waals surface area contributed by atoms with Crippen molar-refractivity contribution in [1.82, 2.24) is 0 Å². The van der Waals surface area contributed by atoms with Gasteiger partial charge in [0.25, 0.3) is 0 Å². The first kappa shape index (κ1) is 17.8. The van der Waals surface area contributed by atoms with Crippen molar-refractivity contribution >= 4 is 0 Å². The third-order valence-electron chi connectivity index (χ3n) is 4.62. The Balaban J connectivity index is 1.90. The summed E-state index contributed by atoms with van der Waals surface area (Å²) < 4.78 is 13.9. The number of halogens is 1. The molecule has 0 spiro atoms. The summed E-state index contributed by atoms with van der Waals surface area (Å²) in [5, 5.41) is 0. The first-order valence-electron chi connectivity index (χ1n) is 9.21. The van der Waals surface area contributed by atoms with Gasteiger partial charge in [-0.15, -0.1) is 0 Å². The molecule has 1 aliphatic rings. The third-order valence-corrected chi connectivity index (χ3v) is 4.62. The molecule has 0 nitrogen and oxygen atoms in total. The predicted octanol–water partition coefficient (Wildman–Crippen LogP) is 6.29. The van der Waals surface area contributed by atoms with Crippen LogP contribution in [0.5, 0.6) is 0 Å². The summed E-state index contributed by atoms with van der Waals surface area (Å²) in [6.07, 6.45) is 14.0. The Morgan fingerprint density at radius 2 is 1.96 bits per heavy atom. The second-order valence-electron chi connectivity index (χ2n) is 6.65. The molecule has 2 atom stereocenters. The van der Waals surface area contributed by atoms with E-state index in [0.717, 1.165) is 36.3 Å². The van der Waals surface area contributed by atoms with E-state index in [4.69, 9.17) is 0 Å². The Morgan fingerprint density at radius 1 is 1.09 bits per heavy atom. The smallest absolute Gasteiger partial charge is 0.127 e. The minimum Gasteiger partial charge on any atom is -0.207 e. The second kappa shape index (κ2) is 9.56. The van der Waals surface area contributed by atoms with Crippen LogP contribution in [0.2, 0.25) is 0 Å². The van der Waals surface area contributed by atoms with E-state index in [2.05, 4.69) is 37.8 Å². The van der Waals surface area contributed by atoms with Gasteiger partial charge in [-0.25, -0.2) is 4.39 Å². The van der Waals surface area contributed by atoms with E-state index < -0.39 is 0 Å². The van der Waals surface area contributed by atoms with Gasteiger partial charge in [-0.05, 0) is 49.3 Å². The van der Waals surface area contributed by atoms with E-state index in [0.29, 0.717) is 5.92 Å². The highest BCUT2D eigenvalue weighted by Crippen LogP contribution is 2.26. The standard InChI is InChI=1S/C22H29F/c1-3-5-6-8-18-9-11-19(12-10-18)13-14-20-15-16-21(7-4-2)22(23)17-20/h9,11,15-19H,3-8,10,12H2,1-2H3. The van der Waals surface area contributed by atoms with Crippen LogP contribution in [0.25, 0.3) is 0 Å². The zero-order valence-electron chi connectivity index (χ0n) is 14.6. The van der Waals surface area contributed by atoms with Crippen LogP contribution in [-0.4, -0.2) is 0 Å². The van der Waals surface area contributed by atoms with Crippen LogP contribution in [0, 0.1) is 29.5 Å². The summed E-state index contributed by atoms with van der Waals surface area (Å²) in [7, 11) is 0. The fourth-order valence-electron chi connectivity index (χ4n) is 3.17.